The van der Waals surface area contributed by atoms with Crippen molar-refractivity contribution in [2.24, 2.45) is 5.73 Å². The van der Waals surface area contributed by atoms with Gasteiger partial charge >= 0.3 is 5.97 Å². The number of hydrogen-bond donors (Lipinski definition) is 4. The molecule has 0 bridgehead atoms. The molecule has 1 unspecified atom stereocenters. The van der Waals surface area contributed by atoms with Crippen molar-refractivity contribution in [1.82, 2.24) is 15.6 Å². The van der Waals surface area contributed by atoms with E-state index in [1.54, 1.807) is 41.7 Å². The van der Waals surface area contributed by atoms with E-state index in [1.807, 2.05) is 23.6 Å². The second-order valence-corrected chi connectivity index (χ2v) is 11.3. The number of rotatable bonds is 7. The molecule has 0 spiro atoms. The molecule has 12 heteroatoms. The van der Waals surface area contributed by atoms with Gasteiger partial charge in [-0.1, -0.05) is 12.1 Å². The molecule has 0 aliphatic carbocycles. The van der Waals surface area contributed by atoms with E-state index >= 15 is 0 Å². The van der Waals surface area contributed by atoms with E-state index in [4.69, 9.17) is 15.2 Å². The summed E-state index contributed by atoms with van der Waals surface area (Å²) in [4.78, 5) is 56.9. The largest absolute Gasteiger partial charge is 0.493 e. The Kier molecular flexibility index (Phi) is 8.09. The van der Waals surface area contributed by atoms with E-state index < -0.39 is 23.8 Å². The fourth-order valence-electron chi connectivity index (χ4n) is 5.27. The lowest BCUT2D eigenvalue weighted by Gasteiger charge is -2.18. The van der Waals surface area contributed by atoms with Crippen molar-refractivity contribution < 1.29 is 28.7 Å². The quantitative estimate of drug-likeness (QED) is 0.231. The second kappa shape index (κ2) is 12.3. The molecule has 1 atom stereocenters. The SMILES string of the molecule is COC(=O)c1nc(C(=O)NC2CNC(=O)C2)ccc1-c1cc2c(cc1C(=O)Nc1ccc(CN)cc1)-c1sccc1CCO2. The summed E-state index contributed by atoms with van der Waals surface area (Å²) in [5, 5.41) is 10.4. The first-order valence-corrected chi connectivity index (χ1v) is 14.9. The van der Waals surface area contributed by atoms with Crippen LogP contribution in [0.1, 0.15) is 48.9 Å². The van der Waals surface area contributed by atoms with Gasteiger partial charge in [-0.15, -0.1) is 11.3 Å². The zero-order valence-electron chi connectivity index (χ0n) is 23.8. The van der Waals surface area contributed by atoms with Gasteiger partial charge in [-0.2, -0.15) is 0 Å². The smallest absolute Gasteiger partial charge is 0.357 e. The molecule has 1 saturated heterocycles. The number of nitrogens with one attached hydrogen (secondary N) is 3. The summed E-state index contributed by atoms with van der Waals surface area (Å²) in [5.41, 5.74) is 9.87. The first-order valence-electron chi connectivity index (χ1n) is 14.0. The van der Waals surface area contributed by atoms with E-state index in [0.29, 0.717) is 43.1 Å². The van der Waals surface area contributed by atoms with Crippen LogP contribution < -0.4 is 26.4 Å². The van der Waals surface area contributed by atoms with Crippen molar-refractivity contribution in [2.45, 2.75) is 25.4 Å². The van der Waals surface area contributed by atoms with Crippen LogP contribution in [0.25, 0.3) is 21.6 Å². The monoisotopic (exact) mass is 611 g/mol. The molecule has 4 aromatic rings. The molecule has 2 aromatic heterocycles. The fraction of sp³-hybridized carbons (Fsp3) is 0.219. The number of pyridine rings is 1. The molecule has 224 valence electrons. The van der Waals surface area contributed by atoms with Crippen molar-refractivity contribution >= 4 is 40.7 Å². The average molecular weight is 612 g/mol. The molecule has 6 rings (SSSR count). The van der Waals surface area contributed by atoms with Crippen LogP contribution in [-0.4, -0.2) is 55.0 Å². The normalized spacial score (nSPS) is 15.2. The van der Waals surface area contributed by atoms with Gasteiger partial charge in [0.2, 0.25) is 5.91 Å². The molecule has 1 fully saturated rings. The van der Waals surface area contributed by atoms with E-state index in [1.165, 1.54) is 13.2 Å². The number of methoxy groups -OCH3 is 1. The molecule has 2 aliphatic heterocycles. The molecule has 4 heterocycles. The lowest BCUT2D eigenvalue weighted by atomic mass is 9.93. The third kappa shape index (κ3) is 5.77. The maximum atomic E-state index is 13.9. The Bertz CT molecular complexity index is 1780. The Hall–Kier alpha value is -5.07. The highest BCUT2D eigenvalue weighted by Gasteiger charge is 2.28. The third-order valence-electron chi connectivity index (χ3n) is 7.54. The minimum Gasteiger partial charge on any atom is -0.493 e. The Morgan fingerprint density at radius 3 is 2.61 bits per heavy atom. The number of carbonyl (C=O) groups is 4. The summed E-state index contributed by atoms with van der Waals surface area (Å²) in [7, 11) is 1.22. The summed E-state index contributed by atoms with van der Waals surface area (Å²) in [5.74, 6) is -1.34. The number of thiophene rings is 1. The number of anilines is 1. The van der Waals surface area contributed by atoms with Crippen molar-refractivity contribution in [3.8, 4) is 27.3 Å². The minimum absolute atomic E-state index is 0.0336. The number of aromatic nitrogens is 1. The predicted molar refractivity (Wildman–Crippen MR) is 165 cm³/mol. The Morgan fingerprint density at radius 2 is 1.89 bits per heavy atom. The van der Waals surface area contributed by atoms with Gasteiger partial charge in [-0.3, -0.25) is 14.4 Å². The predicted octanol–water partition coefficient (Wildman–Crippen LogP) is 3.53. The fourth-order valence-corrected chi connectivity index (χ4v) is 6.25. The number of benzene rings is 2. The van der Waals surface area contributed by atoms with Gasteiger partial charge in [-0.25, -0.2) is 9.78 Å². The van der Waals surface area contributed by atoms with Crippen LogP contribution in [0.3, 0.4) is 0 Å². The Balaban J connectivity index is 1.45. The van der Waals surface area contributed by atoms with Gasteiger partial charge in [0, 0.05) is 58.7 Å². The number of esters is 1. The van der Waals surface area contributed by atoms with E-state index in [2.05, 4.69) is 20.9 Å². The summed E-state index contributed by atoms with van der Waals surface area (Å²) >= 11 is 1.56. The third-order valence-corrected chi connectivity index (χ3v) is 8.53. The second-order valence-electron chi connectivity index (χ2n) is 10.4. The van der Waals surface area contributed by atoms with Crippen LogP contribution in [0.5, 0.6) is 5.75 Å². The van der Waals surface area contributed by atoms with E-state index in [9.17, 15) is 19.2 Å². The molecule has 3 amide bonds. The molecule has 11 nitrogen and oxygen atoms in total. The number of fused-ring (bicyclic) bond motifs is 3. The van der Waals surface area contributed by atoms with E-state index in [0.717, 1.165) is 21.6 Å². The van der Waals surface area contributed by atoms with Gasteiger partial charge in [-0.05, 0) is 59.0 Å². The first kappa shape index (κ1) is 29.0. The summed E-state index contributed by atoms with van der Waals surface area (Å²) in [6, 6.07) is 15.4. The number of amides is 3. The van der Waals surface area contributed by atoms with Crippen LogP contribution in [0, 0.1) is 0 Å². The number of hydrogen-bond acceptors (Lipinski definition) is 9. The average Bonchev–Trinajstić information content (AvgIpc) is 3.64. The van der Waals surface area contributed by atoms with Gasteiger partial charge in [0.1, 0.15) is 11.4 Å². The highest BCUT2D eigenvalue weighted by Crippen LogP contribution is 2.43. The molecule has 0 saturated carbocycles. The van der Waals surface area contributed by atoms with Gasteiger partial charge in [0.15, 0.2) is 5.69 Å². The molecule has 0 radical (unpaired) electrons. The van der Waals surface area contributed by atoms with Crippen LogP contribution in [0.15, 0.2) is 60.0 Å². The van der Waals surface area contributed by atoms with Crippen molar-refractivity contribution in [3.63, 3.8) is 0 Å². The summed E-state index contributed by atoms with van der Waals surface area (Å²) in [6.45, 7) is 1.12. The topological polar surface area (TPSA) is 162 Å². The molecule has 2 aliphatic rings. The van der Waals surface area contributed by atoms with Crippen LogP contribution in [-0.2, 0) is 22.5 Å². The number of carbonyl (C=O) groups excluding carboxylic acids is 4. The maximum Gasteiger partial charge on any atom is 0.357 e. The van der Waals surface area contributed by atoms with Crippen molar-refractivity contribution in [3.05, 3.63) is 88.1 Å². The zero-order chi connectivity index (χ0) is 30.8. The van der Waals surface area contributed by atoms with Crippen molar-refractivity contribution in [1.29, 1.82) is 0 Å². The molecule has 44 heavy (non-hydrogen) atoms. The van der Waals surface area contributed by atoms with Gasteiger partial charge < -0.3 is 31.2 Å². The molecular weight excluding hydrogens is 582 g/mol. The highest BCUT2D eigenvalue weighted by atomic mass is 32.1. The van der Waals surface area contributed by atoms with Crippen LogP contribution in [0.4, 0.5) is 5.69 Å². The van der Waals surface area contributed by atoms with Gasteiger partial charge in [0.25, 0.3) is 11.8 Å². The number of ether oxygens (including phenoxy) is 2. The molecule has 5 N–H and O–H groups in total. The standard InChI is InChI=1S/C32H29N5O6S/c1-42-32(41)28-21(6-7-25(37-28)31(40)36-20-12-27(38)34-16-20)22-14-26-24(29-18(8-10-43-26)9-11-44-29)13-23(22)30(39)35-19-4-2-17(15-33)3-5-19/h2-7,9,11,13-14,20H,8,10,12,15-16,33H2,1H3,(H,34,38)(H,35,39)(H,36,40). The minimum atomic E-state index is -0.785. The van der Waals surface area contributed by atoms with Gasteiger partial charge in [0.05, 0.1) is 19.8 Å². The lowest BCUT2D eigenvalue weighted by Crippen LogP contribution is -2.36. The van der Waals surface area contributed by atoms with Crippen LogP contribution >= 0.6 is 11.3 Å². The number of nitrogens with two attached hydrogens (primary N) is 1. The van der Waals surface area contributed by atoms with Crippen LogP contribution in [0.2, 0.25) is 0 Å². The summed E-state index contributed by atoms with van der Waals surface area (Å²) in [6.07, 6.45) is 0.862. The first-order chi connectivity index (χ1) is 21.3. The maximum absolute atomic E-state index is 13.9. The Labute approximate surface area is 256 Å². The molecular formula is C32H29N5O6S. The Morgan fingerprint density at radius 1 is 1.07 bits per heavy atom. The number of nitrogens with zero attached hydrogens (tertiary/aromatic N) is 1. The summed E-state index contributed by atoms with van der Waals surface area (Å²) < 4.78 is 11.2. The lowest BCUT2D eigenvalue weighted by molar-refractivity contribution is -0.119. The molecule has 2 aromatic carbocycles. The highest BCUT2D eigenvalue weighted by molar-refractivity contribution is 7.13. The van der Waals surface area contributed by atoms with E-state index in [-0.39, 0.29) is 34.8 Å². The zero-order valence-corrected chi connectivity index (χ0v) is 24.6. The van der Waals surface area contributed by atoms with Crippen molar-refractivity contribution in [2.75, 3.05) is 25.6 Å².